The molecule has 0 saturated heterocycles. The molecule has 0 atom stereocenters. The lowest BCUT2D eigenvalue weighted by Crippen LogP contribution is -2.13. The summed E-state index contributed by atoms with van der Waals surface area (Å²) in [5.74, 6) is 0. The molecule has 0 radical (unpaired) electrons. The highest BCUT2D eigenvalue weighted by molar-refractivity contribution is 5.27. The second-order valence-electron chi connectivity index (χ2n) is 3.84. The summed E-state index contributed by atoms with van der Waals surface area (Å²) in [6.45, 7) is 8.11. The van der Waals surface area contributed by atoms with Gasteiger partial charge in [-0.3, -0.25) is 4.68 Å². The largest absolute Gasteiger partial charge is 0.329 e. The second kappa shape index (κ2) is 5.91. The van der Waals surface area contributed by atoms with Gasteiger partial charge in [0.1, 0.15) is 0 Å². The number of rotatable bonds is 6. The molecular formula is C12H23N3. The Morgan fingerprint density at radius 2 is 1.93 bits per heavy atom. The van der Waals surface area contributed by atoms with E-state index >= 15 is 0 Å². The van der Waals surface area contributed by atoms with E-state index < -0.39 is 0 Å². The molecule has 0 unspecified atom stereocenters. The third-order valence-electron chi connectivity index (χ3n) is 2.76. The molecule has 0 aliphatic carbocycles. The molecule has 86 valence electrons. The molecule has 15 heavy (non-hydrogen) atoms. The van der Waals surface area contributed by atoms with Gasteiger partial charge in [-0.15, -0.1) is 0 Å². The Morgan fingerprint density at radius 3 is 2.40 bits per heavy atom. The summed E-state index contributed by atoms with van der Waals surface area (Å²) in [5.41, 5.74) is 9.72. The molecule has 0 bridgehead atoms. The molecule has 1 rings (SSSR count). The molecule has 0 aliphatic rings. The second-order valence-corrected chi connectivity index (χ2v) is 3.84. The number of aryl methyl sites for hydroxylation is 1. The standard InChI is InChI=1S/C12H23N3/c1-4-7-10-11(5-2)14-15(9-8-13)12(10)6-3/h4-9,13H2,1-3H3. The minimum atomic E-state index is 0.670. The van der Waals surface area contributed by atoms with Crippen molar-refractivity contribution in [2.24, 2.45) is 5.73 Å². The molecule has 3 nitrogen and oxygen atoms in total. The van der Waals surface area contributed by atoms with E-state index in [1.807, 2.05) is 0 Å². The van der Waals surface area contributed by atoms with E-state index in [-0.39, 0.29) is 0 Å². The zero-order valence-electron chi connectivity index (χ0n) is 10.2. The monoisotopic (exact) mass is 209 g/mol. The Kier molecular flexibility index (Phi) is 4.82. The molecule has 0 aromatic carbocycles. The van der Waals surface area contributed by atoms with Crippen LogP contribution in [0.25, 0.3) is 0 Å². The maximum absolute atomic E-state index is 5.60. The van der Waals surface area contributed by atoms with E-state index in [1.54, 1.807) is 0 Å². The van der Waals surface area contributed by atoms with Crippen molar-refractivity contribution >= 4 is 0 Å². The average molecular weight is 209 g/mol. The fourth-order valence-electron chi connectivity index (χ4n) is 2.11. The predicted molar refractivity (Wildman–Crippen MR) is 64.0 cm³/mol. The molecule has 1 aromatic heterocycles. The molecule has 0 saturated carbocycles. The lowest BCUT2D eigenvalue weighted by Gasteiger charge is -2.05. The number of nitrogens with zero attached hydrogens (tertiary/aromatic N) is 2. The van der Waals surface area contributed by atoms with Gasteiger partial charge in [0.2, 0.25) is 0 Å². The zero-order chi connectivity index (χ0) is 11.3. The Balaban J connectivity index is 3.07. The van der Waals surface area contributed by atoms with Crippen LogP contribution in [0, 0.1) is 0 Å². The van der Waals surface area contributed by atoms with Gasteiger partial charge in [0, 0.05) is 12.2 Å². The minimum absolute atomic E-state index is 0.670. The Hall–Kier alpha value is -0.830. The van der Waals surface area contributed by atoms with E-state index in [4.69, 9.17) is 5.73 Å². The summed E-state index contributed by atoms with van der Waals surface area (Å²) < 4.78 is 2.10. The topological polar surface area (TPSA) is 43.8 Å². The molecule has 0 spiro atoms. The number of nitrogens with two attached hydrogens (primary N) is 1. The Labute approximate surface area is 92.7 Å². The van der Waals surface area contributed by atoms with Gasteiger partial charge in [0.15, 0.2) is 0 Å². The molecular weight excluding hydrogens is 186 g/mol. The summed E-state index contributed by atoms with van der Waals surface area (Å²) in [6.07, 6.45) is 4.42. The third kappa shape index (κ3) is 2.59. The Bertz CT molecular complexity index is 302. The summed E-state index contributed by atoms with van der Waals surface area (Å²) >= 11 is 0. The maximum Gasteiger partial charge on any atom is 0.0656 e. The van der Waals surface area contributed by atoms with Gasteiger partial charge in [-0.2, -0.15) is 5.10 Å². The fourth-order valence-corrected chi connectivity index (χ4v) is 2.11. The van der Waals surface area contributed by atoms with Crippen LogP contribution in [0.2, 0.25) is 0 Å². The maximum atomic E-state index is 5.60. The first-order valence-corrected chi connectivity index (χ1v) is 6.05. The minimum Gasteiger partial charge on any atom is -0.329 e. The van der Waals surface area contributed by atoms with Crippen molar-refractivity contribution in [1.82, 2.24) is 9.78 Å². The number of hydrogen-bond acceptors (Lipinski definition) is 2. The van der Waals surface area contributed by atoms with Crippen molar-refractivity contribution in [1.29, 1.82) is 0 Å². The van der Waals surface area contributed by atoms with Gasteiger partial charge in [-0.1, -0.05) is 27.2 Å². The van der Waals surface area contributed by atoms with Crippen LogP contribution in [0.1, 0.15) is 44.1 Å². The van der Waals surface area contributed by atoms with Crippen LogP contribution in [0.3, 0.4) is 0 Å². The van der Waals surface area contributed by atoms with Crippen LogP contribution < -0.4 is 5.73 Å². The van der Waals surface area contributed by atoms with Gasteiger partial charge >= 0.3 is 0 Å². The van der Waals surface area contributed by atoms with Crippen molar-refractivity contribution in [3.05, 3.63) is 17.0 Å². The highest BCUT2D eigenvalue weighted by Gasteiger charge is 2.13. The summed E-state index contributed by atoms with van der Waals surface area (Å²) in [7, 11) is 0. The number of aromatic nitrogens is 2. The predicted octanol–water partition coefficient (Wildman–Crippen LogP) is 1.92. The highest BCUT2D eigenvalue weighted by Crippen LogP contribution is 2.17. The van der Waals surface area contributed by atoms with Gasteiger partial charge in [-0.25, -0.2) is 0 Å². The van der Waals surface area contributed by atoms with E-state index in [0.717, 1.165) is 25.8 Å². The molecule has 0 amide bonds. The number of hydrogen-bond donors (Lipinski definition) is 1. The zero-order valence-corrected chi connectivity index (χ0v) is 10.2. The van der Waals surface area contributed by atoms with Crippen molar-refractivity contribution in [3.8, 4) is 0 Å². The van der Waals surface area contributed by atoms with Crippen molar-refractivity contribution in [2.75, 3.05) is 6.54 Å². The van der Waals surface area contributed by atoms with Gasteiger partial charge in [0.05, 0.1) is 12.2 Å². The summed E-state index contributed by atoms with van der Waals surface area (Å²) in [5, 5.41) is 4.64. The van der Waals surface area contributed by atoms with Gasteiger partial charge in [-0.05, 0) is 24.8 Å². The summed E-state index contributed by atoms with van der Waals surface area (Å²) in [6, 6.07) is 0. The van der Waals surface area contributed by atoms with E-state index in [1.165, 1.54) is 23.4 Å². The van der Waals surface area contributed by atoms with Crippen LogP contribution in [0.4, 0.5) is 0 Å². The van der Waals surface area contributed by atoms with Crippen LogP contribution in [0.5, 0.6) is 0 Å². The van der Waals surface area contributed by atoms with Crippen molar-refractivity contribution < 1.29 is 0 Å². The first-order valence-electron chi connectivity index (χ1n) is 6.05. The normalized spacial score (nSPS) is 10.9. The van der Waals surface area contributed by atoms with E-state index in [0.29, 0.717) is 6.54 Å². The van der Waals surface area contributed by atoms with Crippen molar-refractivity contribution in [2.45, 2.75) is 53.0 Å². The van der Waals surface area contributed by atoms with E-state index in [9.17, 15) is 0 Å². The molecule has 3 heteroatoms. The average Bonchev–Trinajstić information content (AvgIpc) is 2.57. The van der Waals surface area contributed by atoms with Crippen LogP contribution in [0.15, 0.2) is 0 Å². The molecule has 0 fully saturated rings. The van der Waals surface area contributed by atoms with Gasteiger partial charge in [0.25, 0.3) is 0 Å². The SMILES string of the molecule is CCCc1c(CC)nn(CCN)c1CC. The smallest absolute Gasteiger partial charge is 0.0656 e. The van der Waals surface area contributed by atoms with Gasteiger partial charge < -0.3 is 5.73 Å². The fraction of sp³-hybridized carbons (Fsp3) is 0.750. The lowest BCUT2D eigenvalue weighted by atomic mass is 10.0. The lowest BCUT2D eigenvalue weighted by molar-refractivity contribution is 0.589. The van der Waals surface area contributed by atoms with E-state index in [2.05, 4.69) is 30.6 Å². The van der Waals surface area contributed by atoms with Crippen LogP contribution in [-0.2, 0) is 25.8 Å². The molecule has 1 aromatic rings. The summed E-state index contributed by atoms with van der Waals surface area (Å²) in [4.78, 5) is 0. The molecule has 0 aliphatic heterocycles. The highest BCUT2D eigenvalue weighted by atomic mass is 15.3. The molecule has 2 N–H and O–H groups in total. The van der Waals surface area contributed by atoms with Crippen LogP contribution in [-0.4, -0.2) is 16.3 Å². The van der Waals surface area contributed by atoms with Crippen LogP contribution >= 0.6 is 0 Å². The van der Waals surface area contributed by atoms with Crippen molar-refractivity contribution in [3.63, 3.8) is 0 Å². The third-order valence-corrected chi connectivity index (χ3v) is 2.76. The first-order chi connectivity index (χ1) is 7.28. The first kappa shape index (κ1) is 12.2. The quantitative estimate of drug-likeness (QED) is 0.778. The molecule has 1 heterocycles. The Morgan fingerprint density at radius 1 is 1.20 bits per heavy atom.